The SMILES string of the molecule is C[C@@H]1CN(c2ccc(NC=C3C(=O)NC(=O)c4ccc(-c5ccc(CO)o5)cc43)cn2)C[C@H](C)N1. The van der Waals surface area contributed by atoms with Crippen molar-refractivity contribution in [2.45, 2.75) is 32.5 Å². The lowest BCUT2D eigenvalue weighted by atomic mass is 9.93. The van der Waals surface area contributed by atoms with Crippen molar-refractivity contribution in [1.82, 2.24) is 15.6 Å². The van der Waals surface area contributed by atoms with E-state index < -0.39 is 11.8 Å². The van der Waals surface area contributed by atoms with E-state index in [1.54, 1.807) is 42.7 Å². The molecule has 2 aromatic heterocycles. The van der Waals surface area contributed by atoms with Gasteiger partial charge in [0.05, 0.1) is 17.5 Å². The number of nitrogens with one attached hydrogen (secondary N) is 3. The zero-order valence-corrected chi connectivity index (χ0v) is 19.5. The smallest absolute Gasteiger partial charge is 0.260 e. The Bertz CT molecular complexity index is 1290. The number of nitrogens with zero attached hydrogens (tertiary/aromatic N) is 2. The summed E-state index contributed by atoms with van der Waals surface area (Å²) in [5.41, 5.74) is 2.63. The van der Waals surface area contributed by atoms with E-state index in [0.29, 0.717) is 45.9 Å². The summed E-state index contributed by atoms with van der Waals surface area (Å²) in [5, 5.41) is 18.3. The van der Waals surface area contributed by atoms with Crippen LogP contribution in [0.15, 0.2) is 59.3 Å². The number of piperazine rings is 1. The summed E-state index contributed by atoms with van der Waals surface area (Å²) in [7, 11) is 0. The first-order chi connectivity index (χ1) is 16.9. The molecule has 35 heavy (non-hydrogen) atoms. The number of imide groups is 1. The van der Waals surface area contributed by atoms with Crippen LogP contribution in [0.2, 0.25) is 0 Å². The molecule has 2 aliphatic heterocycles. The first-order valence-electron chi connectivity index (χ1n) is 11.5. The standard InChI is InChI=1S/C26H27N5O4/c1-15-12-31(13-16(2)29-15)24-8-4-18(10-28-24)27-11-22-21-9-17(23-7-5-19(14-32)35-23)3-6-20(21)25(33)30-26(22)34/h3-11,15-16,27,29,32H,12-14H2,1-2H3,(H,30,33,34)/t15-,16+. The first kappa shape index (κ1) is 22.8. The summed E-state index contributed by atoms with van der Waals surface area (Å²) in [5.74, 6) is 0.939. The van der Waals surface area contributed by atoms with Crippen LogP contribution in [0.4, 0.5) is 11.5 Å². The number of benzene rings is 1. The van der Waals surface area contributed by atoms with E-state index in [1.807, 2.05) is 12.1 Å². The van der Waals surface area contributed by atoms with Gasteiger partial charge in [-0.3, -0.25) is 14.9 Å². The fourth-order valence-corrected chi connectivity index (χ4v) is 4.57. The lowest BCUT2D eigenvalue weighted by Crippen LogP contribution is -2.54. The van der Waals surface area contributed by atoms with Crippen LogP contribution < -0.4 is 20.9 Å². The molecule has 1 fully saturated rings. The van der Waals surface area contributed by atoms with Gasteiger partial charge in [-0.25, -0.2) is 4.98 Å². The number of aliphatic hydroxyl groups is 1. The quantitative estimate of drug-likeness (QED) is 0.330. The molecule has 0 saturated carbocycles. The van der Waals surface area contributed by atoms with Gasteiger partial charge < -0.3 is 25.1 Å². The molecule has 3 aromatic rings. The lowest BCUT2D eigenvalue weighted by Gasteiger charge is -2.36. The number of rotatable bonds is 5. The van der Waals surface area contributed by atoms with E-state index in [9.17, 15) is 14.7 Å². The lowest BCUT2D eigenvalue weighted by molar-refractivity contribution is -0.114. The number of aromatic nitrogens is 1. The number of pyridine rings is 1. The topological polar surface area (TPSA) is 120 Å². The Morgan fingerprint density at radius 3 is 2.57 bits per heavy atom. The van der Waals surface area contributed by atoms with Crippen molar-refractivity contribution < 1.29 is 19.1 Å². The van der Waals surface area contributed by atoms with Crippen molar-refractivity contribution in [2.75, 3.05) is 23.3 Å². The predicted molar refractivity (Wildman–Crippen MR) is 133 cm³/mol. The summed E-state index contributed by atoms with van der Waals surface area (Å²) in [4.78, 5) is 31.9. The van der Waals surface area contributed by atoms with Gasteiger partial charge in [-0.1, -0.05) is 6.07 Å². The van der Waals surface area contributed by atoms with Crippen LogP contribution >= 0.6 is 0 Å². The molecule has 9 nitrogen and oxygen atoms in total. The summed E-state index contributed by atoms with van der Waals surface area (Å²) in [6, 6.07) is 13.2. The molecule has 2 atom stereocenters. The van der Waals surface area contributed by atoms with E-state index in [2.05, 4.69) is 39.7 Å². The van der Waals surface area contributed by atoms with Gasteiger partial charge in [0.1, 0.15) is 23.9 Å². The van der Waals surface area contributed by atoms with Gasteiger partial charge in [-0.05, 0) is 50.2 Å². The fourth-order valence-electron chi connectivity index (χ4n) is 4.57. The molecule has 2 amide bonds. The summed E-state index contributed by atoms with van der Waals surface area (Å²) < 4.78 is 5.62. The number of aliphatic hydroxyl groups excluding tert-OH is 1. The molecule has 2 aliphatic rings. The molecule has 1 aromatic carbocycles. The Kier molecular flexibility index (Phi) is 6.10. The van der Waals surface area contributed by atoms with Crippen molar-refractivity contribution in [2.24, 2.45) is 0 Å². The molecule has 9 heteroatoms. The highest BCUT2D eigenvalue weighted by molar-refractivity contribution is 6.31. The van der Waals surface area contributed by atoms with Crippen LogP contribution in [0.25, 0.3) is 16.9 Å². The van der Waals surface area contributed by atoms with Gasteiger partial charge in [0, 0.05) is 48.1 Å². The Morgan fingerprint density at radius 2 is 1.89 bits per heavy atom. The van der Waals surface area contributed by atoms with Crippen molar-refractivity contribution >= 4 is 28.9 Å². The van der Waals surface area contributed by atoms with Crippen LogP contribution in [-0.4, -0.2) is 47.1 Å². The van der Waals surface area contributed by atoms with Crippen molar-refractivity contribution in [3.63, 3.8) is 0 Å². The summed E-state index contributed by atoms with van der Waals surface area (Å²) in [6.07, 6.45) is 3.31. The summed E-state index contributed by atoms with van der Waals surface area (Å²) in [6.45, 7) is 5.88. The van der Waals surface area contributed by atoms with Crippen molar-refractivity contribution in [3.8, 4) is 11.3 Å². The van der Waals surface area contributed by atoms with Crippen LogP contribution in [0, 0.1) is 0 Å². The zero-order chi connectivity index (χ0) is 24.5. The van der Waals surface area contributed by atoms with Gasteiger partial charge in [-0.15, -0.1) is 0 Å². The maximum Gasteiger partial charge on any atom is 0.260 e. The Morgan fingerprint density at radius 1 is 1.09 bits per heavy atom. The van der Waals surface area contributed by atoms with Crippen molar-refractivity contribution in [1.29, 1.82) is 0 Å². The molecule has 0 aliphatic carbocycles. The monoisotopic (exact) mass is 473 g/mol. The molecular formula is C26H27N5O4. The highest BCUT2D eigenvalue weighted by atomic mass is 16.4. The van der Waals surface area contributed by atoms with E-state index in [1.165, 1.54) is 0 Å². The molecule has 0 unspecified atom stereocenters. The molecule has 1 saturated heterocycles. The minimum Gasteiger partial charge on any atom is -0.459 e. The number of carbonyl (C=O) groups is 2. The molecule has 180 valence electrons. The number of hydrogen-bond acceptors (Lipinski definition) is 8. The zero-order valence-electron chi connectivity index (χ0n) is 19.5. The normalized spacial score (nSPS) is 21.1. The second kappa shape index (κ2) is 9.36. The number of furan rings is 1. The van der Waals surface area contributed by atoms with Crippen LogP contribution in [-0.2, 0) is 11.4 Å². The van der Waals surface area contributed by atoms with E-state index in [-0.39, 0.29) is 6.61 Å². The van der Waals surface area contributed by atoms with Gasteiger partial charge >= 0.3 is 0 Å². The Balaban J connectivity index is 1.40. The Labute approximate surface area is 202 Å². The molecule has 0 bridgehead atoms. The van der Waals surface area contributed by atoms with E-state index in [0.717, 1.165) is 24.6 Å². The number of carbonyl (C=O) groups excluding carboxylic acids is 2. The van der Waals surface area contributed by atoms with E-state index >= 15 is 0 Å². The molecule has 0 spiro atoms. The number of anilines is 2. The largest absolute Gasteiger partial charge is 0.459 e. The number of hydrogen-bond donors (Lipinski definition) is 4. The average Bonchev–Trinajstić information content (AvgIpc) is 3.33. The van der Waals surface area contributed by atoms with Crippen LogP contribution in [0.1, 0.15) is 35.5 Å². The minimum absolute atomic E-state index is 0.208. The fraction of sp³-hybridized carbons (Fsp3) is 0.269. The van der Waals surface area contributed by atoms with Crippen LogP contribution in [0.5, 0.6) is 0 Å². The molecular weight excluding hydrogens is 446 g/mol. The maximum absolute atomic E-state index is 12.7. The molecule has 0 radical (unpaired) electrons. The highest BCUT2D eigenvalue weighted by Gasteiger charge is 2.28. The number of amides is 2. The summed E-state index contributed by atoms with van der Waals surface area (Å²) >= 11 is 0. The molecule has 4 N–H and O–H groups in total. The highest BCUT2D eigenvalue weighted by Crippen LogP contribution is 2.31. The third kappa shape index (κ3) is 4.68. The van der Waals surface area contributed by atoms with E-state index in [4.69, 9.17) is 4.42 Å². The first-order valence-corrected chi connectivity index (χ1v) is 11.5. The minimum atomic E-state index is -0.490. The number of fused-ring (bicyclic) bond motifs is 1. The second-order valence-corrected chi connectivity index (χ2v) is 8.95. The Hall–Kier alpha value is -3.95. The van der Waals surface area contributed by atoms with Gasteiger partial charge in [0.15, 0.2) is 0 Å². The van der Waals surface area contributed by atoms with Crippen LogP contribution in [0.3, 0.4) is 0 Å². The maximum atomic E-state index is 12.7. The van der Waals surface area contributed by atoms with Crippen molar-refractivity contribution in [3.05, 3.63) is 71.7 Å². The molecule has 5 rings (SSSR count). The third-order valence-corrected chi connectivity index (χ3v) is 6.14. The molecule has 4 heterocycles. The second-order valence-electron chi connectivity index (χ2n) is 8.95. The van der Waals surface area contributed by atoms with Gasteiger partial charge in [0.2, 0.25) is 0 Å². The average molecular weight is 474 g/mol. The van der Waals surface area contributed by atoms with Gasteiger partial charge in [-0.2, -0.15) is 0 Å². The third-order valence-electron chi connectivity index (χ3n) is 6.14. The predicted octanol–water partition coefficient (Wildman–Crippen LogP) is 2.74. The van der Waals surface area contributed by atoms with Gasteiger partial charge in [0.25, 0.3) is 11.8 Å².